The highest BCUT2D eigenvalue weighted by Gasteiger charge is 2.08. The maximum absolute atomic E-state index is 13.0. The number of oxazole rings is 1. The van der Waals surface area contributed by atoms with Crippen LogP contribution in [0.15, 0.2) is 46.9 Å². The van der Waals surface area contributed by atoms with Crippen LogP contribution in [0.3, 0.4) is 0 Å². The minimum absolute atomic E-state index is 0.330. The second-order valence-corrected chi connectivity index (χ2v) is 4.03. The smallest absolute Gasteiger partial charge is 0.227 e. The van der Waals surface area contributed by atoms with Gasteiger partial charge in [0.05, 0.1) is 0 Å². The van der Waals surface area contributed by atoms with E-state index in [4.69, 9.17) is 10.2 Å². The first-order valence-corrected chi connectivity index (χ1v) is 5.62. The Morgan fingerprint density at radius 1 is 1.11 bits per heavy atom. The fraction of sp³-hybridized carbons (Fsp3) is 0.0714. The van der Waals surface area contributed by atoms with Crippen molar-refractivity contribution in [2.45, 2.75) is 6.54 Å². The number of rotatable bonds is 2. The number of benzene rings is 2. The van der Waals surface area contributed by atoms with Gasteiger partial charge in [0.25, 0.3) is 0 Å². The van der Waals surface area contributed by atoms with Crippen molar-refractivity contribution in [1.82, 2.24) is 4.98 Å². The van der Waals surface area contributed by atoms with E-state index in [1.165, 1.54) is 12.1 Å². The summed E-state index contributed by atoms with van der Waals surface area (Å²) < 4.78 is 18.6. The summed E-state index contributed by atoms with van der Waals surface area (Å²) in [5.74, 6) is 0.155. The molecule has 0 bridgehead atoms. The molecule has 0 saturated heterocycles. The Kier molecular flexibility index (Phi) is 2.57. The van der Waals surface area contributed by atoms with Gasteiger partial charge in [0.15, 0.2) is 5.58 Å². The minimum Gasteiger partial charge on any atom is -0.436 e. The van der Waals surface area contributed by atoms with E-state index in [2.05, 4.69) is 4.98 Å². The van der Waals surface area contributed by atoms with Gasteiger partial charge in [-0.2, -0.15) is 0 Å². The molecular formula is C14H11FN2O. The Balaban J connectivity index is 2.07. The van der Waals surface area contributed by atoms with E-state index in [0.717, 1.165) is 11.1 Å². The van der Waals surface area contributed by atoms with E-state index < -0.39 is 0 Å². The van der Waals surface area contributed by atoms with E-state index in [0.29, 0.717) is 23.5 Å². The number of nitrogens with zero attached hydrogens (tertiary/aromatic N) is 1. The summed E-state index contributed by atoms with van der Waals surface area (Å²) >= 11 is 0. The maximum Gasteiger partial charge on any atom is 0.227 e. The quantitative estimate of drug-likeness (QED) is 0.751. The maximum atomic E-state index is 13.0. The lowest BCUT2D eigenvalue weighted by atomic mass is 10.1. The highest BCUT2D eigenvalue weighted by atomic mass is 19.1. The van der Waals surface area contributed by atoms with Gasteiger partial charge < -0.3 is 10.2 Å². The molecule has 0 saturated carbocycles. The van der Waals surface area contributed by atoms with E-state index in [-0.39, 0.29) is 5.82 Å². The normalized spacial score (nSPS) is 11.0. The molecular weight excluding hydrogens is 231 g/mol. The van der Waals surface area contributed by atoms with E-state index >= 15 is 0 Å². The Morgan fingerprint density at radius 2 is 1.89 bits per heavy atom. The third-order valence-electron chi connectivity index (χ3n) is 2.79. The Hall–Kier alpha value is -2.20. The highest BCUT2D eigenvalue weighted by Crippen LogP contribution is 2.24. The molecule has 0 spiro atoms. The molecule has 18 heavy (non-hydrogen) atoms. The second kappa shape index (κ2) is 4.23. The lowest BCUT2D eigenvalue weighted by molar-refractivity contribution is 0.602. The number of hydrogen-bond acceptors (Lipinski definition) is 3. The molecule has 0 unspecified atom stereocenters. The second-order valence-electron chi connectivity index (χ2n) is 4.03. The van der Waals surface area contributed by atoms with Gasteiger partial charge in [-0.1, -0.05) is 12.1 Å². The van der Waals surface area contributed by atoms with Crippen molar-refractivity contribution < 1.29 is 8.81 Å². The topological polar surface area (TPSA) is 52.0 Å². The van der Waals surface area contributed by atoms with Gasteiger partial charge in [-0.3, -0.25) is 0 Å². The molecule has 3 nitrogen and oxygen atoms in total. The van der Waals surface area contributed by atoms with Gasteiger partial charge in [0.1, 0.15) is 11.3 Å². The van der Waals surface area contributed by atoms with Crippen LogP contribution >= 0.6 is 0 Å². The molecule has 0 fully saturated rings. The van der Waals surface area contributed by atoms with Crippen LogP contribution in [0.2, 0.25) is 0 Å². The first kappa shape index (κ1) is 10.9. The molecule has 0 aliphatic heterocycles. The summed E-state index contributed by atoms with van der Waals surface area (Å²) in [6.07, 6.45) is 0. The van der Waals surface area contributed by atoms with Crippen LogP contribution in [0.25, 0.3) is 22.6 Å². The number of nitrogens with two attached hydrogens (primary N) is 1. The largest absolute Gasteiger partial charge is 0.436 e. The van der Waals surface area contributed by atoms with E-state index in [1.807, 2.05) is 24.3 Å². The zero-order valence-corrected chi connectivity index (χ0v) is 9.56. The third-order valence-corrected chi connectivity index (χ3v) is 2.79. The van der Waals surface area contributed by atoms with Crippen LogP contribution in [0.5, 0.6) is 0 Å². The standard InChI is InChI=1S/C14H11FN2O/c15-11-5-6-12-13(7-11)18-14(17-12)10-3-1-9(8-16)2-4-10/h1-7H,8,16H2. The predicted molar refractivity (Wildman–Crippen MR) is 67.3 cm³/mol. The molecule has 0 aliphatic carbocycles. The molecule has 0 amide bonds. The summed E-state index contributed by atoms with van der Waals surface area (Å²) in [6, 6.07) is 11.9. The van der Waals surface area contributed by atoms with Gasteiger partial charge in [0, 0.05) is 18.2 Å². The van der Waals surface area contributed by atoms with Crippen molar-refractivity contribution in [3.63, 3.8) is 0 Å². The van der Waals surface area contributed by atoms with Crippen LogP contribution in [-0.4, -0.2) is 4.98 Å². The molecule has 2 N–H and O–H groups in total. The summed E-state index contributed by atoms with van der Waals surface area (Å²) in [5, 5.41) is 0. The van der Waals surface area contributed by atoms with Gasteiger partial charge in [0.2, 0.25) is 5.89 Å². The molecule has 4 heteroatoms. The van der Waals surface area contributed by atoms with Crippen molar-refractivity contribution in [2.24, 2.45) is 5.73 Å². The SMILES string of the molecule is NCc1ccc(-c2nc3ccc(F)cc3o2)cc1. The molecule has 1 aromatic heterocycles. The van der Waals surface area contributed by atoms with Gasteiger partial charge in [-0.15, -0.1) is 0 Å². The zero-order chi connectivity index (χ0) is 12.5. The van der Waals surface area contributed by atoms with Crippen molar-refractivity contribution >= 4 is 11.1 Å². The molecule has 0 atom stereocenters. The molecule has 0 aliphatic rings. The van der Waals surface area contributed by atoms with Crippen molar-refractivity contribution in [3.05, 3.63) is 53.8 Å². The fourth-order valence-electron chi connectivity index (χ4n) is 1.81. The molecule has 3 rings (SSSR count). The summed E-state index contributed by atoms with van der Waals surface area (Å²) in [5.41, 5.74) is 8.53. The van der Waals surface area contributed by atoms with Crippen molar-refractivity contribution in [3.8, 4) is 11.5 Å². The van der Waals surface area contributed by atoms with E-state index in [1.54, 1.807) is 6.07 Å². The average Bonchev–Trinajstić information content (AvgIpc) is 2.81. The zero-order valence-electron chi connectivity index (χ0n) is 9.56. The summed E-state index contributed by atoms with van der Waals surface area (Å²) in [7, 11) is 0. The van der Waals surface area contributed by atoms with Crippen LogP contribution in [0.1, 0.15) is 5.56 Å². The van der Waals surface area contributed by atoms with E-state index in [9.17, 15) is 4.39 Å². The summed E-state index contributed by atoms with van der Waals surface area (Å²) in [6.45, 7) is 0.499. The average molecular weight is 242 g/mol. The van der Waals surface area contributed by atoms with Crippen LogP contribution in [0, 0.1) is 5.82 Å². The molecule has 90 valence electrons. The first-order valence-electron chi connectivity index (χ1n) is 5.62. The number of fused-ring (bicyclic) bond motifs is 1. The number of hydrogen-bond donors (Lipinski definition) is 1. The number of aromatic nitrogens is 1. The Morgan fingerprint density at radius 3 is 2.61 bits per heavy atom. The minimum atomic E-state index is -0.330. The third kappa shape index (κ3) is 1.87. The fourth-order valence-corrected chi connectivity index (χ4v) is 1.81. The van der Waals surface area contributed by atoms with Crippen molar-refractivity contribution in [2.75, 3.05) is 0 Å². The van der Waals surface area contributed by atoms with Gasteiger partial charge in [-0.05, 0) is 29.8 Å². The lowest BCUT2D eigenvalue weighted by Crippen LogP contribution is -1.95. The monoisotopic (exact) mass is 242 g/mol. The van der Waals surface area contributed by atoms with Crippen molar-refractivity contribution in [1.29, 1.82) is 0 Å². The first-order chi connectivity index (χ1) is 8.76. The molecule has 0 radical (unpaired) electrons. The summed E-state index contributed by atoms with van der Waals surface area (Å²) in [4.78, 5) is 4.31. The van der Waals surface area contributed by atoms with Gasteiger partial charge in [-0.25, -0.2) is 9.37 Å². The predicted octanol–water partition coefficient (Wildman–Crippen LogP) is 3.09. The van der Waals surface area contributed by atoms with Crippen LogP contribution < -0.4 is 5.73 Å². The Bertz CT molecular complexity index is 689. The van der Waals surface area contributed by atoms with Crippen LogP contribution in [-0.2, 0) is 6.54 Å². The lowest BCUT2D eigenvalue weighted by Gasteiger charge is -1.97. The Labute approximate surface area is 103 Å². The highest BCUT2D eigenvalue weighted by molar-refractivity contribution is 5.76. The molecule has 3 aromatic rings. The molecule has 2 aromatic carbocycles. The van der Waals surface area contributed by atoms with Crippen LogP contribution in [0.4, 0.5) is 4.39 Å². The van der Waals surface area contributed by atoms with Gasteiger partial charge >= 0.3 is 0 Å². The number of halogens is 1. The molecule has 1 heterocycles.